The number of nitrogens with one attached hydrogen (secondary N) is 2. The van der Waals surface area contributed by atoms with E-state index in [-0.39, 0.29) is 10.9 Å². The summed E-state index contributed by atoms with van der Waals surface area (Å²) < 4.78 is 25.9. The van der Waals surface area contributed by atoms with Crippen LogP contribution in [0, 0.1) is 0 Å². The lowest BCUT2D eigenvalue weighted by Gasteiger charge is -2.25. The number of hydrogen-bond acceptors (Lipinski definition) is 6. The number of hydrazine groups is 1. The molecule has 1 amide bonds. The van der Waals surface area contributed by atoms with Crippen LogP contribution in [0.4, 0.5) is 11.4 Å². The Hall–Kier alpha value is -3.13. The number of benzene rings is 2. The number of para-hydroxylation sites is 1. The summed E-state index contributed by atoms with van der Waals surface area (Å²) >= 11 is 0. The minimum atomic E-state index is -3.84. The Bertz CT molecular complexity index is 1030. The number of sulfonamides is 1. The van der Waals surface area contributed by atoms with Crippen molar-refractivity contribution in [2.24, 2.45) is 4.99 Å². The first-order valence-electron chi connectivity index (χ1n) is 8.77. The van der Waals surface area contributed by atoms with Crippen LogP contribution in [0.1, 0.15) is 20.8 Å². The molecule has 1 aliphatic rings. The molecule has 3 rings (SSSR count). The largest absolute Gasteiger partial charge is 0.302 e. The Morgan fingerprint density at radius 3 is 2.39 bits per heavy atom. The van der Waals surface area contributed by atoms with Gasteiger partial charge in [-0.15, -0.1) is 0 Å². The molecular formula is C20H22N4O3S. The number of rotatable bonds is 5. The second-order valence-corrected chi connectivity index (χ2v) is 8.17. The van der Waals surface area contributed by atoms with E-state index in [1.54, 1.807) is 18.3 Å². The molecule has 2 N–H and O–H groups in total. The number of carbonyl (C=O) groups is 1. The third-order valence-corrected chi connectivity index (χ3v) is 5.82. The quantitative estimate of drug-likeness (QED) is 0.756. The van der Waals surface area contributed by atoms with E-state index in [9.17, 15) is 13.2 Å². The smallest absolute Gasteiger partial charge is 0.264 e. The SMILES string of the molecule is CC(=O)NS(=O)(=O)c1ccc(N=CC2=C(C)NN(c3ccccc3)C2C)cc1. The number of anilines is 1. The van der Waals surface area contributed by atoms with Crippen molar-refractivity contribution < 1.29 is 13.2 Å². The fraction of sp³-hybridized carbons (Fsp3) is 0.200. The van der Waals surface area contributed by atoms with Crippen molar-refractivity contribution in [1.82, 2.24) is 10.1 Å². The van der Waals surface area contributed by atoms with Gasteiger partial charge in [-0.05, 0) is 50.2 Å². The Balaban J connectivity index is 1.75. The third kappa shape index (κ3) is 4.23. The van der Waals surface area contributed by atoms with Crippen molar-refractivity contribution in [2.45, 2.75) is 31.7 Å². The summed E-state index contributed by atoms with van der Waals surface area (Å²) in [7, 11) is -3.84. The Labute approximate surface area is 164 Å². The first-order chi connectivity index (χ1) is 13.3. The Morgan fingerprint density at radius 2 is 1.79 bits per heavy atom. The number of aliphatic imine (C=N–C) groups is 1. The van der Waals surface area contributed by atoms with E-state index in [0.29, 0.717) is 5.69 Å². The maximum Gasteiger partial charge on any atom is 0.264 e. The van der Waals surface area contributed by atoms with Gasteiger partial charge in [0.05, 0.1) is 22.3 Å². The molecule has 1 heterocycles. The molecule has 0 bridgehead atoms. The van der Waals surface area contributed by atoms with Gasteiger partial charge >= 0.3 is 0 Å². The summed E-state index contributed by atoms with van der Waals surface area (Å²) in [6.07, 6.45) is 1.78. The average Bonchev–Trinajstić information content (AvgIpc) is 2.94. The second-order valence-electron chi connectivity index (χ2n) is 6.49. The van der Waals surface area contributed by atoms with Crippen LogP contribution in [0.2, 0.25) is 0 Å². The molecule has 0 radical (unpaired) electrons. The lowest BCUT2D eigenvalue weighted by molar-refractivity contribution is -0.117. The maximum absolute atomic E-state index is 12.0. The fourth-order valence-corrected chi connectivity index (χ4v) is 3.97. The van der Waals surface area contributed by atoms with Gasteiger partial charge in [-0.25, -0.2) is 13.1 Å². The number of allylic oxidation sites excluding steroid dienone is 1. The van der Waals surface area contributed by atoms with Crippen LogP contribution in [-0.4, -0.2) is 26.6 Å². The molecule has 1 atom stereocenters. The van der Waals surface area contributed by atoms with Gasteiger partial charge in [-0.3, -0.25) is 14.8 Å². The third-order valence-electron chi connectivity index (χ3n) is 4.37. The number of hydrogen-bond donors (Lipinski definition) is 2. The molecular weight excluding hydrogens is 376 g/mol. The molecule has 1 unspecified atom stereocenters. The predicted octanol–water partition coefficient (Wildman–Crippen LogP) is 2.90. The molecule has 1 aliphatic heterocycles. The monoisotopic (exact) mass is 398 g/mol. The van der Waals surface area contributed by atoms with Gasteiger partial charge in [0.15, 0.2) is 0 Å². The van der Waals surface area contributed by atoms with Crippen LogP contribution in [0.5, 0.6) is 0 Å². The van der Waals surface area contributed by atoms with Crippen LogP contribution in [0.25, 0.3) is 0 Å². The average molecular weight is 398 g/mol. The van der Waals surface area contributed by atoms with Crippen LogP contribution in [-0.2, 0) is 14.8 Å². The summed E-state index contributed by atoms with van der Waals surface area (Å²) in [5, 5.41) is 2.07. The molecule has 2 aromatic rings. The van der Waals surface area contributed by atoms with Crippen LogP contribution < -0.4 is 15.2 Å². The molecule has 146 valence electrons. The molecule has 0 spiro atoms. The van der Waals surface area contributed by atoms with Gasteiger partial charge < -0.3 is 5.43 Å². The molecule has 7 nitrogen and oxygen atoms in total. The molecule has 2 aromatic carbocycles. The minimum absolute atomic E-state index is 0.0169. The highest BCUT2D eigenvalue weighted by Gasteiger charge is 2.26. The molecule has 0 aromatic heterocycles. The van der Waals surface area contributed by atoms with E-state index >= 15 is 0 Å². The lowest BCUT2D eigenvalue weighted by Crippen LogP contribution is -2.37. The van der Waals surface area contributed by atoms with Crippen molar-refractivity contribution in [3.8, 4) is 0 Å². The molecule has 0 saturated carbocycles. The number of nitrogens with zero attached hydrogens (tertiary/aromatic N) is 2. The van der Waals surface area contributed by atoms with Gasteiger partial charge in [0.25, 0.3) is 10.0 Å². The van der Waals surface area contributed by atoms with Crippen LogP contribution in [0.3, 0.4) is 0 Å². The highest BCUT2D eigenvalue weighted by Crippen LogP contribution is 2.26. The first kappa shape index (κ1) is 19.6. The Kier molecular flexibility index (Phi) is 5.51. The van der Waals surface area contributed by atoms with Crippen LogP contribution >= 0.6 is 0 Å². The van der Waals surface area contributed by atoms with E-state index in [1.165, 1.54) is 12.1 Å². The fourth-order valence-electron chi connectivity index (χ4n) is 2.98. The normalized spacial score (nSPS) is 17.1. The van der Waals surface area contributed by atoms with Gasteiger partial charge in [0.1, 0.15) is 0 Å². The molecule has 28 heavy (non-hydrogen) atoms. The van der Waals surface area contributed by atoms with Gasteiger partial charge in [-0.2, -0.15) is 0 Å². The molecule has 0 fully saturated rings. The number of amides is 1. The predicted molar refractivity (Wildman–Crippen MR) is 110 cm³/mol. The highest BCUT2D eigenvalue weighted by molar-refractivity contribution is 7.90. The van der Waals surface area contributed by atoms with E-state index in [1.807, 2.05) is 42.0 Å². The van der Waals surface area contributed by atoms with E-state index < -0.39 is 15.9 Å². The van der Waals surface area contributed by atoms with Crippen molar-refractivity contribution in [2.75, 3.05) is 5.01 Å². The highest BCUT2D eigenvalue weighted by atomic mass is 32.2. The molecule has 0 saturated heterocycles. The van der Waals surface area contributed by atoms with Crippen molar-refractivity contribution in [3.05, 3.63) is 65.9 Å². The van der Waals surface area contributed by atoms with Crippen molar-refractivity contribution >= 4 is 33.5 Å². The summed E-state index contributed by atoms with van der Waals surface area (Å²) in [6, 6.07) is 16.2. The first-order valence-corrected chi connectivity index (χ1v) is 10.3. The zero-order valence-electron chi connectivity index (χ0n) is 15.9. The zero-order valence-corrected chi connectivity index (χ0v) is 16.7. The summed E-state index contributed by atoms with van der Waals surface area (Å²) in [4.78, 5) is 15.5. The van der Waals surface area contributed by atoms with Gasteiger partial charge in [0, 0.05) is 24.4 Å². The van der Waals surface area contributed by atoms with Gasteiger partial charge in [-0.1, -0.05) is 18.2 Å². The molecule has 8 heteroatoms. The Morgan fingerprint density at radius 1 is 1.14 bits per heavy atom. The van der Waals surface area contributed by atoms with E-state index in [4.69, 9.17) is 0 Å². The topological polar surface area (TPSA) is 90.9 Å². The van der Waals surface area contributed by atoms with E-state index in [0.717, 1.165) is 23.9 Å². The number of carbonyl (C=O) groups excluding carboxylic acids is 1. The van der Waals surface area contributed by atoms with E-state index in [2.05, 4.69) is 22.4 Å². The molecule has 0 aliphatic carbocycles. The van der Waals surface area contributed by atoms with Crippen molar-refractivity contribution in [3.63, 3.8) is 0 Å². The second kappa shape index (κ2) is 7.85. The lowest BCUT2D eigenvalue weighted by atomic mass is 10.1. The summed E-state index contributed by atoms with van der Waals surface area (Å²) in [6.45, 7) is 5.23. The van der Waals surface area contributed by atoms with Crippen molar-refractivity contribution in [1.29, 1.82) is 0 Å². The summed E-state index contributed by atoms with van der Waals surface area (Å²) in [5.41, 5.74) is 7.08. The zero-order chi connectivity index (χ0) is 20.3. The van der Waals surface area contributed by atoms with Crippen LogP contribution in [0.15, 0.2) is 75.8 Å². The summed E-state index contributed by atoms with van der Waals surface area (Å²) in [5.74, 6) is -0.629. The standard InChI is InChI=1S/C20H22N4O3S/c1-14-20(15(2)24(22-14)18-7-5-4-6-8-18)13-21-17-9-11-19(12-10-17)28(26,27)23-16(3)25/h4-13,15,22H,1-3H3,(H,23,25). The van der Waals surface area contributed by atoms with Gasteiger partial charge in [0.2, 0.25) is 5.91 Å². The minimum Gasteiger partial charge on any atom is -0.302 e. The maximum atomic E-state index is 12.0.